The van der Waals surface area contributed by atoms with Crippen LogP contribution >= 0.6 is 0 Å². The molecule has 9 nitrogen and oxygen atoms in total. The zero-order valence-corrected chi connectivity index (χ0v) is 24.5. The van der Waals surface area contributed by atoms with Crippen LogP contribution in [0.1, 0.15) is 50.5 Å². The van der Waals surface area contributed by atoms with E-state index in [-0.39, 0.29) is 30.6 Å². The molecule has 2 aliphatic heterocycles. The molecule has 4 rings (SSSR count). The molecule has 0 bridgehead atoms. The number of rotatable bonds is 12. The number of hydrogen-bond acceptors (Lipinski definition) is 8. The Morgan fingerprint density at radius 1 is 1.14 bits per heavy atom. The molecule has 2 saturated heterocycles. The molecule has 1 amide bonds. The number of sulfone groups is 1. The van der Waals surface area contributed by atoms with Crippen molar-refractivity contribution < 1.29 is 40.7 Å². The number of benzene rings is 1. The Hall–Kier alpha value is -2.58. The summed E-state index contributed by atoms with van der Waals surface area (Å²) in [4.78, 5) is 25.5. The molecule has 0 spiro atoms. The van der Waals surface area contributed by atoms with Gasteiger partial charge in [-0.15, -0.1) is 0 Å². The number of pyridine rings is 1. The minimum atomic E-state index is -4.19. The third kappa shape index (κ3) is 8.07. The van der Waals surface area contributed by atoms with Gasteiger partial charge in [0.2, 0.25) is 0 Å². The fraction of sp³-hybridized carbons (Fsp3) is 0.586. The quantitative estimate of drug-likeness (QED) is 0.350. The van der Waals surface area contributed by atoms with Crippen LogP contribution < -0.4 is 5.48 Å². The number of ether oxygens (including phenoxy) is 2. The predicted molar refractivity (Wildman–Crippen MR) is 149 cm³/mol. The number of likely N-dealkylation sites (tertiary alicyclic amines) is 1. The first kappa shape index (κ1) is 32.3. The number of halogens is 3. The van der Waals surface area contributed by atoms with E-state index in [0.717, 1.165) is 12.8 Å². The second-order valence-electron chi connectivity index (χ2n) is 10.7. The van der Waals surface area contributed by atoms with Gasteiger partial charge in [0.15, 0.2) is 20.9 Å². The molecule has 2 fully saturated rings. The van der Waals surface area contributed by atoms with Crippen LogP contribution in [-0.4, -0.2) is 81.4 Å². The normalized spacial score (nSPS) is 19.9. The predicted octanol–water partition coefficient (Wildman–Crippen LogP) is 4.46. The van der Waals surface area contributed by atoms with Gasteiger partial charge in [-0.3, -0.25) is 9.78 Å². The maximum absolute atomic E-state index is 14.1. The summed E-state index contributed by atoms with van der Waals surface area (Å²) in [5.74, 6) is -0.713. The van der Waals surface area contributed by atoms with Crippen molar-refractivity contribution >= 4 is 15.7 Å². The van der Waals surface area contributed by atoms with Crippen LogP contribution in [0.25, 0.3) is 11.3 Å². The van der Waals surface area contributed by atoms with Gasteiger partial charge in [0.1, 0.15) is 0 Å². The van der Waals surface area contributed by atoms with Crippen LogP contribution in [-0.2, 0) is 35.4 Å². The van der Waals surface area contributed by atoms with Gasteiger partial charge in [0.05, 0.1) is 17.2 Å². The number of carbonyl (C=O) groups excluding carboxylic acids is 1. The lowest BCUT2D eigenvalue weighted by Gasteiger charge is -2.40. The number of aryl methyl sites for hydroxylation is 1. The van der Waals surface area contributed by atoms with E-state index in [2.05, 4.69) is 15.4 Å². The van der Waals surface area contributed by atoms with Crippen molar-refractivity contribution in [3.05, 3.63) is 48.2 Å². The molecule has 232 valence electrons. The summed E-state index contributed by atoms with van der Waals surface area (Å²) in [5.41, 5.74) is 4.29. The minimum Gasteiger partial charge on any atom is -0.383 e. The van der Waals surface area contributed by atoms with Crippen LogP contribution in [0.2, 0.25) is 0 Å². The summed E-state index contributed by atoms with van der Waals surface area (Å²) in [6.07, 6.45) is -1.32. The standard InChI is InChI=1S/C29H38F3N3O6S/c1-39-20-18-35-16-14-28(15-17-35,27(36)34-41-26-6-2-3-19-40-26)42(37,38)24-10-8-23(9-11-24)25-12-7-22(21-33-25)5-4-13-29(30,31)32/h7-12,21,26H,2-6,13-20H2,1H3,(H,34,36). The van der Waals surface area contributed by atoms with E-state index in [9.17, 15) is 26.4 Å². The molecule has 0 aliphatic carbocycles. The third-order valence-corrected chi connectivity index (χ3v) is 10.4. The van der Waals surface area contributed by atoms with Crippen molar-refractivity contribution in [3.8, 4) is 11.3 Å². The second-order valence-corrected chi connectivity index (χ2v) is 13.0. The highest BCUT2D eigenvalue weighted by Crippen LogP contribution is 2.37. The van der Waals surface area contributed by atoms with Crippen LogP contribution in [0.5, 0.6) is 0 Å². The SMILES string of the molecule is COCCN1CCC(C(=O)NOC2CCCCO2)(S(=O)(=O)c2ccc(-c3ccc(CCCC(F)(F)F)cn3)cc2)CC1. The van der Waals surface area contributed by atoms with Crippen molar-refractivity contribution in [2.24, 2.45) is 0 Å². The molecule has 2 aliphatic rings. The number of methoxy groups -OCH3 is 1. The molecule has 1 aromatic heterocycles. The number of hydroxylamine groups is 1. The highest BCUT2D eigenvalue weighted by atomic mass is 32.2. The number of carbonyl (C=O) groups is 1. The molecule has 2 aromatic rings. The number of amides is 1. The largest absolute Gasteiger partial charge is 0.389 e. The summed E-state index contributed by atoms with van der Waals surface area (Å²) >= 11 is 0. The van der Waals surface area contributed by atoms with Gasteiger partial charge in [-0.1, -0.05) is 18.2 Å². The van der Waals surface area contributed by atoms with Crippen molar-refractivity contribution in [2.75, 3.05) is 40.0 Å². The number of nitrogens with one attached hydrogen (secondary N) is 1. The Morgan fingerprint density at radius 3 is 2.48 bits per heavy atom. The van der Waals surface area contributed by atoms with Crippen molar-refractivity contribution in [3.63, 3.8) is 0 Å². The van der Waals surface area contributed by atoms with E-state index >= 15 is 0 Å². The topological polar surface area (TPSA) is 107 Å². The Labute approximate surface area is 244 Å². The summed E-state index contributed by atoms with van der Waals surface area (Å²) in [7, 11) is -2.55. The average molecular weight is 614 g/mol. The molecular weight excluding hydrogens is 575 g/mol. The first-order valence-electron chi connectivity index (χ1n) is 14.2. The fourth-order valence-electron chi connectivity index (χ4n) is 5.26. The van der Waals surface area contributed by atoms with Gasteiger partial charge in [-0.05, 0) is 62.3 Å². The minimum absolute atomic E-state index is 0.00410. The van der Waals surface area contributed by atoms with E-state index in [1.807, 2.05) is 0 Å². The Balaban J connectivity index is 1.49. The highest BCUT2D eigenvalue weighted by molar-refractivity contribution is 7.93. The average Bonchev–Trinajstić information content (AvgIpc) is 2.99. The van der Waals surface area contributed by atoms with Crippen LogP contribution in [0, 0.1) is 0 Å². The van der Waals surface area contributed by atoms with E-state index in [1.54, 1.807) is 31.4 Å². The zero-order valence-electron chi connectivity index (χ0n) is 23.7. The number of piperidine rings is 1. The molecule has 1 atom stereocenters. The first-order chi connectivity index (χ1) is 20.0. The molecule has 1 N–H and O–H groups in total. The lowest BCUT2D eigenvalue weighted by molar-refractivity contribution is -0.202. The lowest BCUT2D eigenvalue weighted by atomic mass is 9.95. The van der Waals surface area contributed by atoms with Crippen molar-refractivity contribution in [1.29, 1.82) is 0 Å². The molecule has 3 heterocycles. The third-order valence-electron chi connectivity index (χ3n) is 7.84. The number of alkyl halides is 3. The van der Waals surface area contributed by atoms with Crippen LogP contribution in [0.4, 0.5) is 13.2 Å². The Morgan fingerprint density at radius 2 is 1.88 bits per heavy atom. The van der Waals surface area contributed by atoms with Crippen molar-refractivity contribution in [1.82, 2.24) is 15.4 Å². The fourth-order valence-corrected chi connectivity index (χ4v) is 7.21. The Bertz CT molecular complexity index is 1260. The van der Waals surface area contributed by atoms with Crippen LogP contribution in [0.3, 0.4) is 0 Å². The number of aromatic nitrogens is 1. The van der Waals surface area contributed by atoms with Gasteiger partial charge in [0.25, 0.3) is 5.91 Å². The lowest BCUT2D eigenvalue weighted by Crippen LogP contribution is -2.58. The highest BCUT2D eigenvalue weighted by Gasteiger charge is 2.53. The summed E-state index contributed by atoms with van der Waals surface area (Å²) in [6, 6.07) is 9.56. The number of hydrogen-bond donors (Lipinski definition) is 1. The van der Waals surface area contributed by atoms with E-state index in [0.29, 0.717) is 56.1 Å². The van der Waals surface area contributed by atoms with Crippen LogP contribution in [0.15, 0.2) is 47.5 Å². The van der Waals surface area contributed by atoms with E-state index < -0.39 is 39.4 Å². The molecule has 0 radical (unpaired) electrons. The molecule has 13 heteroatoms. The van der Waals surface area contributed by atoms with Gasteiger partial charge < -0.3 is 14.4 Å². The maximum atomic E-state index is 14.1. The summed E-state index contributed by atoms with van der Waals surface area (Å²) in [6.45, 7) is 2.43. The monoisotopic (exact) mass is 613 g/mol. The molecule has 42 heavy (non-hydrogen) atoms. The summed E-state index contributed by atoms with van der Waals surface area (Å²) in [5, 5.41) is 0. The van der Waals surface area contributed by atoms with Crippen molar-refractivity contribution in [2.45, 2.75) is 73.5 Å². The smallest absolute Gasteiger partial charge is 0.383 e. The Kier molecular flexibility index (Phi) is 11.0. The second kappa shape index (κ2) is 14.3. The van der Waals surface area contributed by atoms with Gasteiger partial charge in [0, 0.05) is 58.0 Å². The summed E-state index contributed by atoms with van der Waals surface area (Å²) < 4.78 is 74.4. The molecule has 1 unspecified atom stereocenters. The first-order valence-corrected chi connectivity index (χ1v) is 15.7. The van der Waals surface area contributed by atoms with E-state index in [1.165, 1.54) is 18.3 Å². The number of nitrogens with zero attached hydrogens (tertiary/aromatic N) is 2. The zero-order chi connectivity index (χ0) is 30.2. The molecule has 1 aromatic carbocycles. The van der Waals surface area contributed by atoms with E-state index in [4.69, 9.17) is 14.3 Å². The van der Waals surface area contributed by atoms with Gasteiger partial charge in [-0.25, -0.2) is 18.7 Å². The molecule has 0 saturated carbocycles. The molecular formula is C29H38F3N3O6S. The van der Waals surface area contributed by atoms with Gasteiger partial charge >= 0.3 is 6.18 Å². The van der Waals surface area contributed by atoms with Gasteiger partial charge in [-0.2, -0.15) is 13.2 Å². The maximum Gasteiger partial charge on any atom is 0.389 e.